The Balaban J connectivity index is 1.50. The monoisotopic (exact) mass is 356 g/mol. The number of benzene rings is 3. The maximum Gasteiger partial charge on any atom is 0.493 e. The van der Waals surface area contributed by atoms with Crippen LogP contribution in [0.4, 0.5) is 0 Å². The van der Waals surface area contributed by atoms with Crippen molar-refractivity contribution in [1.82, 2.24) is 0 Å². The van der Waals surface area contributed by atoms with E-state index in [4.69, 9.17) is 13.7 Å². The Bertz CT molecular complexity index is 1100. The lowest BCUT2D eigenvalue weighted by molar-refractivity contribution is 0.0343. The van der Waals surface area contributed by atoms with E-state index in [0.717, 1.165) is 38.5 Å². The first-order chi connectivity index (χ1) is 13.1. The van der Waals surface area contributed by atoms with E-state index in [9.17, 15) is 0 Å². The number of hydrogen-bond donors (Lipinski definition) is 0. The van der Waals surface area contributed by atoms with E-state index >= 15 is 0 Å². The Hall–Kier alpha value is -2.56. The largest absolute Gasteiger partial charge is 0.493 e. The third kappa shape index (κ3) is 2.95. The molecule has 27 heavy (non-hydrogen) atoms. The minimum Gasteiger partial charge on any atom is -0.455 e. The molecule has 3 nitrogen and oxygen atoms in total. The molecule has 4 aromatic rings. The van der Waals surface area contributed by atoms with Gasteiger partial charge in [-0.05, 0) is 17.1 Å². The lowest BCUT2D eigenvalue weighted by atomic mass is 9.75. The van der Waals surface area contributed by atoms with Gasteiger partial charge in [-0.2, -0.15) is 0 Å². The van der Waals surface area contributed by atoms with Crippen LogP contribution in [0.3, 0.4) is 0 Å². The highest BCUT2D eigenvalue weighted by Gasteiger charge is 2.33. The summed E-state index contributed by atoms with van der Waals surface area (Å²) < 4.78 is 17.9. The van der Waals surface area contributed by atoms with E-state index in [1.54, 1.807) is 0 Å². The molecule has 0 amide bonds. The van der Waals surface area contributed by atoms with Gasteiger partial charge in [-0.3, -0.25) is 0 Å². The number of para-hydroxylation sites is 2. The van der Waals surface area contributed by atoms with Gasteiger partial charge in [0.15, 0.2) is 0 Å². The highest BCUT2D eigenvalue weighted by molar-refractivity contribution is 6.61. The van der Waals surface area contributed by atoms with Crippen molar-refractivity contribution < 1.29 is 13.7 Å². The molecule has 0 aliphatic carbocycles. The quantitative estimate of drug-likeness (QED) is 0.473. The topological polar surface area (TPSA) is 31.6 Å². The molecule has 4 heteroatoms. The molecule has 0 bridgehead atoms. The molecule has 3 aromatic carbocycles. The molecule has 1 aliphatic rings. The van der Waals surface area contributed by atoms with Crippen LogP contribution in [0.15, 0.2) is 71.1 Å². The Morgan fingerprint density at radius 2 is 1.48 bits per heavy atom. The van der Waals surface area contributed by atoms with Gasteiger partial charge < -0.3 is 13.7 Å². The predicted molar refractivity (Wildman–Crippen MR) is 110 cm³/mol. The molecule has 134 valence electrons. The number of rotatable bonds is 2. The van der Waals surface area contributed by atoms with Crippen LogP contribution in [-0.4, -0.2) is 20.3 Å². The molecule has 0 saturated carbocycles. The maximum absolute atomic E-state index is 6.16. The van der Waals surface area contributed by atoms with Gasteiger partial charge in [0.25, 0.3) is 0 Å². The average Bonchev–Trinajstić information content (AvgIpc) is 3.07. The van der Waals surface area contributed by atoms with Crippen LogP contribution in [0.5, 0.6) is 0 Å². The van der Waals surface area contributed by atoms with Gasteiger partial charge in [-0.25, -0.2) is 0 Å². The van der Waals surface area contributed by atoms with Crippen molar-refractivity contribution in [3.8, 4) is 11.1 Å². The number of furan rings is 1. The highest BCUT2D eigenvalue weighted by Crippen LogP contribution is 2.35. The van der Waals surface area contributed by atoms with Gasteiger partial charge in [0.05, 0.1) is 0 Å². The van der Waals surface area contributed by atoms with E-state index in [1.807, 2.05) is 18.2 Å². The Labute approximate surface area is 159 Å². The van der Waals surface area contributed by atoms with Crippen LogP contribution in [0.25, 0.3) is 33.1 Å². The summed E-state index contributed by atoms with van der Waals surface area (Å²) in [6.45, 7) is 5.72. The van der Waals surface area contributed by atoms with Gasteiger partial charge in [0.2, 0.25) is 0 Å². The molecule has 1 saturated heterocycles. The van der Waals surface area contributed by atoms with E-state index in [1.165, 1.54) is 0 Å². The van der Waals surface area contributed by atoms with Crippen LogP contribution in [0.2, 0.25) is 0 Å². The van der Waals surface area contributed by atoms with Crippen LogP contribution in [0, 0.1) is 5.41 Å². The lowest BCUT2D eigenvalue weighted by Crippen LogP contribution is -2.47. The van der Waals surface area contributed by atoms with Crippen molar-refractivity contribution in [3.05, 3.63) is 66.7 Å². The fourth-order valence-corrected chi connectivity index (χ4v) is 3.68. The van der Waals surface area contributed by atoms with Crippen molar-refractivity contribution in [2.45, 2.75) is 13.8 Å². The Morgan fingerprint density at radius 1 is 0.778 bits per heavy atom. The fourth-order valence-electron chi connectivity index (χ4n) is 3.68. The first-order valence-corrected chi connectivity index (χ1v) is 9.35. The normalized spacial score (nSPS) is 16.9. The second-order valence-corrected chi connectivity index (χ2v) is 8.02. The van der Waals surface area contributed by atoms with E-state index in [0.29, 0.717) is 13.2 Å². The second-order valence-electron chi connectivity index (χ2n) is 8.02. The summed E-state index contributed by atoms with van der Waals surface area (Å²) in [5.41, 5.74) is 5.20. The van der Waals surface area contributed by atoms with Gasteiger partial charge in [0.1, 0.15) is 11.2 Å². The van der Waals surface area contributed by atoms with E-state index < -0.39 is 0 Å². The minimum absolute atomic E-state index is 0.0768. The van der Waals surface area contributed by atoms with Crippen LogP contribution < -0.4 is 5.46 Å². The molecule has 1 fully saturated rings. The first-order valence-electron chi connectivity index (χ1n) is 9.35. The first kappa shape index (κ1) is 16.6. The van der Waals surface area contributed by atoms with Crippen LogP contribution in [-0.2, 0) is 9.31 Å². The number of hydrogen-bond acceptors (Lipinski definition) is 3. The zero-order valence-corrected chi connectivity index (χ0v) is 15.6. The molecule has 0 radical (unpaired) electrons. The van der Waals surface area contributed by atoms with Crippen molar-refractivity contribution >= 4 is 34.5 Å². The van der Waals surface area contributed by atoms with Gasteiger partial charge in [0, 0.05) is 35.0 Å². The molecular formula is C23H21BO3. The summed E-state index contributed by atoms with van der Waals surface area (Å²) in [4.78, 5) is 0. The Kier molecular flexibility index (Phi) is 3.85. The third-order valence-electron chi connectivity index (χ3n) is 5.15. The zero-order valence-electron chi connectivity index (χ0n) is 15.6. The predicted octanol–water partition coefficient (Wildman–Crippen LogP) is 5.02. The molecular weight excluding hydrogens is 335 g/mol. The molecule has 0 N–H and O–H groups in total. The number of fused-ring (bicyclic) bond motifs is 3. The summed E-state index contributed by atoms with van der Waals surface area (Å²) in [6, 6.07) is 22.9. The second kappa shape index (κ2) is 6.26. The zero-order chi connectivity index (χ0) is 18.4. The molecule has 1 aromatic heterocycles. The smallest absolute Gasteiger partial charge is 0.455 e. The van der Waals surface area contributed by atoms with Gasteiger partial charge in [-0.1, -0.05) is 74.5 Å². The average molecular weight is 356 g/mol. The molecule has 0 atom stereocenters. The molecule has 2 heterocycles. The molecule has 0 spiro atoms. The SMILES string of the molecule is CC1(C)COB(c2ccc(-c3cccc4c3oc3ccccc34)cc2)OC1. The van der Waals surface area contributed by atoms with E-state index in [-0.39, 0.29) is 12.5 Å². The molecule has 1 aliphatic heterocycles. The molecule has 5 rings (SSSR count). The molecule has 0 unspecified atom stereocenters. The summed E-state index contributed by atoms with van der Waals surface area (Å²) >= 11 is 0. The van der Waals surface area contributed by atoms with Crippen molar-refractivity contribution in [1.29, 1.82) is 0 Å². The van der Waals surface area contributed by atoms with Gasteiger partial charge in [-0.15, -0.1) is 0 Å². The van der Waals surface area contributed by atoms with Gasteiger partial charge >= 0.3 is 7.12 Å². The third-order valence-corrected chi connectivity index (χ3v) is 5.15. The van der Waals surface area contributed by atoms with Crippen molar-refractivity contribution in [2.24, 2.45) is 5.41 Å². The summed E-state index contributed by atoms with van der Waals surface area (Å²) in [5.74, 6) is 0. The minimum atomic E-state index is -0.283. The lowest BCUT2D eigenvalue weighted by Gasteiger charge is -2.33. The Morgan fingerprint density at radius 3 is 2.26 bits per heavy atom. The van der Waals surface area contributed by atoms with Crippen molar-refractivity contribution in [3.63, 3.8) is 0 Å². The summed E-state index contributed by atoms with van der Waals surface area (Å²) in [6.07, 6.45) is 0. The van der Waals surface area contributed by atoms with Crippen LogP contribution in [0.1, 0.15) is 13.8 Å². The highest BCUT2D eigenvalue weighted by atomic mass is 16.6. The fraction of sp³-hybridized carbons (Fsp3) is 0.217. The van der Waals surface area contributed by atoms with Crippen LogP contribution >= 0.6 is 0 Å². The summed E-state index contributed by atoms with van der Waals surface area (Å²) in [7, 11) is -0.283. The summed E-state index contributed by atoms with van der Waals surface area (Å²) in [5, 5.41) is 2.30. The standard InChI is InChI=1S/C23H21BO3/c1-23(2)14-25-24(26-15-23)17-12-10-16(11-13-17)18-7-5-8-20-19-6-3-4-9-21(19)27-22(18)20/h3-13H,14-15H2,1-2H3. The van der Waals surface area contributed by atoms with Crippen molar-refractivity contribution in [2.75, 3.05) is 13.2 Å². The van der Waals surface area contributed by atoms with E-state index in [2.05, 4.69) is 62.4 Å². The maximum atomic E-state index is 6.16.